The van der Waals surface area contributed by atoms with Crippen LogP contribution in [-0.4, -0.2) is 23.2 Å². The van der Waals surface area contributed by atoms with Crippen molar-refractivity contribution in [1.82, 2.24) is 10.1 Å². The number of aromatic nitrogens is 2. The molecule has 106 valence electrons. The van der Waals surface area contributed by atoms with Gasteiger partial charge in [-0.1, -0.05) is 11.2 Å². The van der Waals surface area contributed by atoms with E-state index < -0.39 is 12.1 Å². The standard InChI is InChI=1S/C14H16N2O4/c1-8-5-6-11(7-12(8)18-4)14(17)19-9(2)13-15-10(3)16-20-13/h5-7,9H,1-4H3. The zero-order valence-electron chi connectivity index (χ0n) is 11.8. The number of carbonyl (C=O) groups excluding carboxylic acids is 1. The fraction of sp³-hybridized carbons (Fsp3) is 0.357. The molecule has 0 spiro atoms. The number of nitrogens with zero attached hydrogens (tertiary/aromatic N) is 2. The molecule has 0 bridgehead atoms. The van der Waals surface area contributed by atoms with Crippen LogP contribution in [0.1, 0.15) is 40.7 Å². The average Bonchev–Trinajstić information content (AvgIpc) is 2.86. The largest absolute Gasteiger partial charge is 0.496 e. The lowest BCUT2D eigenvalue weighted by atomic mass is 10.1. The first-order chi connectivity index (χ1) is 9.51. The average molecular weight is 276 g/mol. The monoisotopic (exact) mass is 276 g/mol. The summed E-state index contributed by atoms with van der Waals surface area (Å²) in [5.74, 6) is 0.947. The molecule has 0 N–H and O–H groups in total. The normalized spacial score (nSPS) is 12.0. The zero-order chi connectivity index (χ0) is 14.7. The van der Waals surface area contributed by atoms with Gasteiger partial charge in [-0.15, -0.1) is 0 Å². The summed E-state index contributed by atoms with van der Waals surface area (Å²) in [5.41, 5.74) is 1.36. The lowest BCUT2D eigenvalue weighted by molar-refractivity contribution is 0.0265. The predicted molar refractivity (Wildman–Crippen MR) is 70.6 cm³/mol. The molecular formula is C14H16N2O4. The summed E-state index contributed by atoms with van der Waals surface area (Å²) in [7, 11) is 1.56. The van der Waals surface area contributed by atoms with Crippen LogP contribution in [0.3, 0.4) is 0 Å². The van der Waals surface area contributed by atoms with Gasteiger partial charge < -0.3 is 14.0 Å². The maximum Gasteiger partial charge on any atom is 0.339 e. The maximum absolute atomic E-state index is 12.0. The van der Waals surface area contributed by atoms with Crippen LogP contribution in [0.25, 0.3) is 0 Å². The topological polar surface area (TPSA) is 74.5 Å². The van der Waals surface area contributed by atoms with Crippen LogP contribution in [0.4, 0.5) is 0 Å². The van der Waals surface area contributed by atoms with E-state index in [0.29, 0.717) is 17.1 Å². The first-order valence-electron chi connectivity index (χ1n) is 6.17. The van der Waals surface area contributed by atoms with Crippen molar-refractivity contribution in [2.45, 2.75) is 26.9 Å². The zero-order valence-corrected chi connectivity index (χ0v) is 11.8. The Hall–Kier alpha value is -2.37. The SMILES string of the molecule is COc1cc(C(=O)OC(C)c2nc(C)no2)ccc1C. The molecule has 1 atom stereocenters. The van der Waals surface area contributed by atoms with Gasteiger partial charge in [-0.3, -0.25) is 0 Å². The molecule has 0 radical (unpaired) electrons. The first kappa shape index (κ1) is 14.0. The number of carbonyl (C=O) groups is 1. The van der Waals surface area contributed by atoms with E-state index >= 15 is 0 Å². The highest BCUT2D eigenvalue weighted by molar-refractivity contribution is 5.90. The van der Waals surface area contributed by atoms with Crippen molar-refractivity contribution >= 4 is 5.97 Å². The van der Waals surface area contributed by atoms with Gasteiger partial charge in [0.1, 0.15) is 5.75 Å². The van der Waals surface area contributed by atoms with Gasteiger partial charge in [0.2, 0.25) is 0 Å². The highest BCUT2D eigenvalue weighted by Crippen LogP contribution is 2.22. The van der Waals surface area contributed by atoms with Gasteiger partial charge in [0.05, 0.1) is 12.7 Å². The van der Waals surface area contributed by atoms with Crippen molar-refractivity contribution in [2.75, 3.05) is 7.11 Å². The lowest BCUT2D eigenvalue weighted by Gasteiger charge is -2.10. The number of ether oxygens (including phenoxy) is 2. The molecule has 1 aromatic heterocycles. The van der Waals surface area contributed by atoms with E-state index in [-0.39, 0.29) is 5.89 Å². The number of esters is 1. The molecule has 0 aliphatic heterocycles. The summed E-state index contributed by atoms with van der Waals surface area (Å²) in [6, 6.07) is 5.13. The Labute approximate surface area is 116 Å². The summed E-state index contributed by atoms with van der Waals surface area (Å²) < 4.78 is 15.4. The molecule has 2 aromatic rings. The smallest absolute Gasteiger partial charge is 0.339 e. The third-order valence-corrected chi connectivity index (χ3v) is 2.82. The summed E-state index contributed by atoms with van der Waals surface area (Å²) in [4.78, 5) is 16.1. The summed E-state index contributed by atoms with van der Waals surface area (Å²) >= 11 is 0. The fourth-order valence-corrected chi connectivity index (χ4v) is 1.70. The lowest BCUT2D eigenvalue weighted by Crippen LogP contribution is -2.10. The second-order valence-electron chi connectivity index (χ2n) is 4.41. The van der Waals surface area contributed by atoms with Crippen LogP contribution in [-0.2, 0) is 4.74 Å². The molecule has 2 rings (SSSR count). The van der Waals surface area contributed by atoms with Crippen LogP contribution in [0.15, 0.2) is 22.7 Å². The summed E-state index contributed by atoms with van der Waals surface area (Å²) in [6.45, 7) is 5.28. The van der Waals surface area contributed by atoms with Crippen LogP contribution in [0.2, 0.25) is 0 Å². The Bertz CT molecular complexity index is 621. The van der Waals surface area contributed by atoms with Gasteiger partial charge in [0.25, 0.3) is 5.89 Å². The molecule has 1 aromatic carbocycles. The third kappa shape index (κ3) is 2.96. The number of hydrogen-bond donors (Lipinski definition) is 0. The van der Waals surface area contributed by atoms with Crippen molar-refractivity contribution < 1.29 is 18.8 Å². The molecule has 6 nitrogen and oxygen atoms in total. The predicted octanol–water partition coefficient (Wildman–Crippen LogP) is 2.61. The van der Waals surface area contributed by atoms with Crippen molar-refractivity contribution in [3.63, 3.8) is 0 Å². The van der Waals surface area contributed by atoms with Crippen molar-refractivity contribution in [3.05, 3.63) is 41.0 Å². The Kier molecular flexibility index (Phi) is 4.02. The first-order valence-corrected chi connectivity index (χ1v) is 6.17. The molecular weight excluding hydrogens is 260 g/mol. The fourth-order valence-electron chi connectivity index (χ4n) is 1.70. The van der Waals surface area contributed by atoms with Crippen LogP contribution in [0.5, 0.6) is 5.75 Å². The van der Waals surface area contributed by atoms with E-state index in [4.69, 9.17) is 14.0 Å². The van der Waals surface area contributed by atoms with Gasteiger partial charge in [-0.2, -0.15) is 4.98 Å². The van der Waals surface area contributed by atoms with Crippen molar-refractivity contribution in [1.29, 1.82) is 0 Å². The molecule has 1 unspecified atom stereocenters. The minimum Gasteiger partial charge on any atom is -0.496 e. The molecule has 0 aliphatic carbocycles. The number of methoxy groups -OCH3 is 1. The van der Waals surface area contributed by atoms with Gasteiger partial charge in [0.15, 0.2) is 11.9 Å². The molecule has 0 saturated heterocycles. The van der Waals surface area contributed by atoms with Crippen molar-refractivity contribution in [3.8, 4) is 5.75 Å². The number of rotatable bonds is 4. The van der Waals surface area contributed by atoms with Gasteiger partial charge in [-0.25, -0.2) is 4.79 Å². The van der Waals surface area contributed by atoms with E-state index in [1.54, 1.807) is 39.2 Å². The maximum atomic E-state index is 12.0. The number of hydrogen-bond acceptors (Lipinski definition) is 6. The Balaban J connectivity index is 2.12. The summed E-state index contributed by atoms with van der Waals surface area (Å²) in [5, 5.41) is 3.66. The third-order valence-electron chi connectivity index (χ3n) is 2.82. The molecule has 0 amide bonds. The second-order valence-corrected chi connectivity index (χ2v) is 4.41. The second kappa shape index (κ2) is 5.73. The van der Waals surface area contributed by atoms with E-state index in [0.717, 1.165) is 5.56 Å². The Morgan fingerprint density at radius 2 is 2.10 bits per heavy atom. The minimum absolute atomic E-state index is 0.273. The summed E-state index contributed by atoms with van der Waals surface area (Å²) in [6.07, 6.45) is -0.601. The Morgan fingerprint density at radius 1 is 1.35 bits per heavy atom. The molecule has 1 heterocycles. The number of aryl methyl sites for hydroxylation is 2. The van der Waals surface area contributed by atoms with E-state index in [1.165, 1.54) is 0 Å². The number of benzene rings is 1. The molecule has 6 heteroatoms. The van der Waals surface area contributed by atoms with Gasteiger partial charge >= 0.3 is 5.97 Å². The van der Waals surface area contributed by atoms with Crippen LogP contribution in [0, 0.1) is 13.8 Å². The van der Waals surface area contributed by atoms with Crippen LogP contribution < -0.4 is 4.74 Å². The minimum atomic E-state index is -0.601. The molecule has 0 aliphatic rings. The quantitative estimate of drug-likeness (QED) is 0.799. The van der Waals surface area contributed by atoms with E-state index in [2.05, 4.69) is 10.1 Å². The van der Waals surface area contributed by atoms with E-state index in [1.807, 2.05) is 6.92 Å². The van der Waals surface area contributed by atoms with Gasteiger partial charge in [0, 0.05) is 0 Å². The van der Waals surface area contributed by atoms with Gasteiger partial charge in [-0.05, 0) is 38.5 Å². The molecule has 0 fully saturated rings. The van der Waals surface area contributed by atoms with Crippen LogP contribution >= 0.6 is 0 Å². The Morgan fingerprint density at radius 3 is 2.70 bits per heavy atom. The highest BCUT2D eigenvalue weighted by atomic mass is 16.6. The molecule has 0 saturated carbocycles. The molecule has 20 heavy (non-hydrogen) atoms. The van der Waals surface area contributed by atoms with Crippen molar-refractivity contribution in [2.24, 2.45) is 0 Å². The highest BCUT2D eigenvalue weighted by Gasteiger charge is 2.19. The van der Waals surface area contributed by atoms with E-state index in [9.17, 15) is 4.79 Å².